The molecule has 0 aromatic carbocycles. The summed E-state index contributed by atoms with van der Waals surface area (Å²) in [7, 11) is 0. The predicted octanol–water partition coefficient (Wildman–Crippen LogP) is 2.27. The molecule has 1 nitrogen and oxygen atoms in total. The van der Waals surface area contributed by atoms with Crippen LogP contribution >= 0.6 is 0 Å². The minimum absolute atomic E-state index is 0.972. The third-order valence-corrected chi connectivity index (χ3v) is 2.23. The standard InChI is InChI=1S/C9H19N/c1-3-5-6-9-8-10(9)7-4-2/h9H,3-8H2,1-2H3/t9-,10?/m1/s1. The molecular formula is C9H19N. The van der Waals surface area contributed by atoms with E-state index in [1.165, 1.54) is 38.8 Å². The van der Waals surface area contributed by atoms with Crippen LogP contribution in [0.15, 0.2) is 0 Å². The van der Waals surface area contributed by atoms with Gasteiger partial charge in [0.15, 0.2) is 0 Å². The smallest absolute Gasteiger partial charge is 0.0223 e. The third-order valence-electron chi connectivity index (χ3n) is 2.23. The van der Waals surface area contributed by atoms with E-state index in [9.17, 15) is 0 Å². The van der Waals surface area contributed by atoms with Gasteiger partial charge in [-0.25, -0.2) is 0 Å². The van der Waals surface area contributed by atoms with Crippen molar-refractivity contribution in [2.45, 2.75) is 45.6 Å². The van der Waals surface area contributed by atoms with Crippen molar-refractivity contribution in [3.05, 3.63) is 0 Å². The van der Waals surface area contributed by atoms with E-state index in [4.69, 9.17) is 0 Å². The fourth-order valence-electron chi connectivity index (χ4n) is 1.50. The van der Waals surface area contributed by atoms with Gasteiger partial charge in [0.2, 0.25) is 0 Å². The van der Waals surface area contributed by atoms with Crippen LogP contribution < -0.4 is 0 Å². The van der Waals surface area contributed by atoms with Crippen molar-refractivity contribution < 1.29 is 0 Å². The van der Waals surface area contributed by atoms with Gasteiger partial charge < -0.3 is 0 Å². The Morgan fingerprint density at radius 3 is 2.70 bits per heavy atom. The van der Waals surface area contributed by atoms with E-state index in [-0.39, 0.29) is 0 Å². The molecule has 0 amide bonds. The average molecular weight is 141 g/mol. The minimum atomic E-state index is 0.972. The lowest BCUT2D eigenvalue weighted by atomic mass is 10.2. The number of nitrogens with zero attached hydrogens (tertiary/aromatic N) is 1. The second-order valence-corrected chi connectivity index (χ2v) is 3.29. The van der Waals surface area contributed by atoms with Crippen LogP contribution in [-0.4, -0.2) is 24.0 Å². The van der Waals surface area contributed by atoms with Crippen molar-refractivity contribution in [3.8, 4) is 0 Å². The Hall–Kier alpha value is -0.0400. The van der Waals surface area contributed by atoms with Crippen molar-refractivity contribution in [3.63, 3.8) is 0 Å². The topological polar surface area (TPSA) is 3.01 Å². The Labute approximate surface area is 64.4 Å². The van der Waals surface area contributed by atoms with Crippen molar-refractivity contribution in [1.29, 1.82) is 0 Å². The summed E-state index contributed by atoms with van der Waals surface area (Å²) in [5, 5.41) is 0. The summed E-state index contributed by atoms with van der Waals surface area (Å²) in [6.45, 7) is 7.24. The molecule has 60 valence electrons. The molecule has 1 rings (SSSR count). The summed E-state index contributed by atoms with van der Waals surface area (Å²) in [5.74, 6) is 0. The molecule has 0 radical (unpaired) electrons. The Balaban J connectivity index is 1.92. The molecule has 1 fully saturated rings. The van der Waals surface area contributed by atoms with E-state index >= 15 is 0 Å². The van der Waals surface area contributed by atoms with Gasteiger partial charge in [-0.15, -0.1) is 0 Å². The van der Waals surface area contributed by atoms with Crippen LogP contribution in [0, 0.1) is 0 Å². The monoisotopic (exact) mass is 141 g/mol. The van der Waals surface area contributed by atoms with Gasteiger partial charge in [0.05, 0.1) is 0 Å². The molecule has 1 saturated heterocycles. The quantitative estimate of drug-likeness (QED) is 0.531. The molecule has 1 heteroatoms. The van der Waals surface area contributed by atoms with Crippen LogP contribution in [0.1, 0.15) is 39.5 Å². The Kier molecular flexibility index (Phi) is 3.20. The molecule has 1 aliphatic rings. The molecule has 0 aliphatic carbocycles. The molecular weight excluding hydrogens is 122 g/mol. The summed E-state index contributed by atoms with van der Waals surface area (Å²) in [6.07, 6.45) is 5.54. The molecule has 0 aromatic heterocycles. The first-order valence-electron chi connectivity index (χ1n) is 4.62. The zero-order chi connectivity index (χ0) is 7.40. The third kappa shape index (κ3) is 2.30. The highest BCUT2D eigenvalue weighted by Gasteiger charge is 2.31. The van der Waals surface area contributed by atoms with Crippen LogP contribution in [0.4, 0.5) is 0 Å². The van der Waals surface area contributed by atoms with E-state index in [0.29, 0.717) is 0 Å². The minimum Gasteiger partial charge on any atom is -0.298 e. The van der Waals surface area contributed by atoms with E-state index in [1.807, 2.05) is 0 Å². The maximum absolute atomic E-state index is 2.58. The zero-order valence-electron chi connectivity index (χ0n) is 7.27. The lowest BCUT2D eigenvalue weighted by Gasteiger charge is -1.98. The lowest BCUT2D eigenvalue weighted by molar-refractivity contribution is 0.480. The summed E-state index contributed by atoms with van der Waals surface area (Å²) in [6, 6.07) is 0.972. The SMILES string of the molecule is CCCC[C@@H]1CN1CCC. The van der Waals surface area contributed by atoms with Crippen LogP contribution in [0.25, 0.3) is 0 Å². The first-order chi connectivity index (χ1) is 4.88. The molecule has 10 heavy (non-hydrogen) atoms. The van der Waals surface area contributed by atoms with Crippen molar-refractivity contribution in [2.75, 3.05) is 13.1 Å². The number of rotatable bonds is 5. The van der Waals surface area contributed by atoms with Crippen LogP contribution in [-0.2, 0) is 0 Å². The molecule has 0 spiro atoms. The molecule has 0 aromatic rings. The van der Waals surface area contributed by atoms with Gasteiger partial charge >= 0.3 is 0 Å². The first kappa shape index (κ1) is 8.06. The van der Waals surface area contributed by atoms with Gasteiger partial charge in [0, 0.05) is 12.6 Å². The van der Waals surface area contributed by atoms with Crippen molar-refractivity contribution in [2.24, 2.45) is 0 Å². The van der Waals surface area contributed by atoms with Gasteiger partial charge in [0.1, 0.15) is 0 Å². The van der Waals surface area contributed by atoms with Crippen LogP contribution in [0.3, 0.4) is 0 Å². The Bertz CT molecular complexity index is 90.7. The lowest BCUT2D eigenvalue weighted by Crippen LogP contribution is -2.02. The van der Waals surface area contributed by atoms with Gasteiger partial charge in [-0.1, -0.05) is 26.7 Å². The van der Waals surface area contributed by atoms with Gasteiger partial charge in [-0.05, 0) is 19.4 Å². The summed E-state index contributed by atoms with van der Waals surface area (Å²) < 4.78 is 0. The van der Waals surface area contributed by atoms with E-state index in [0.717, 1.165) is 6.04 Å². The maximum Gasteiger partial charge on any atom is 0.0223 e. The van der Waals surface area contributed by atoms with Gasteiger partial charge in [-0.2, -0.15) is 0 Å². The van der Waals surface area contributed by atoms with Gasteiger partial charge in [-0.3, -0.25) is 4.90 Å². The van der Waals surface area contributed by atoms with E-state index < -0.39 is 0 Å². The highest BCUT2D eigenvalue weighted by molar-refractivity contribution is 4.87. The normalized spacial score (nSPS) is 30.6. The fraction of sp³-hybridized carbons (Fsp3) is 1.00. The van der Waals surface area contributed by atoms with E-state index in [1.54, 1.807) is 0 Å². The highest BCUT2D eigenvalue weighted by Crippen LogP contribution is 2.22. The Morgan fingerprint density at radius 2 is 2.10 bits per heavy atom. The second kappa shape index (κ2) is 3.97. The molecule has 0 N–H and O–H groups in total. The molecule has 0 bridgehead atoms. The van der Waals surface area contributed by atoms with Crippen LogP contribution in [0.2, 0.25) is 0 Å². The second-order valence-electron chi connectivity index (χ2n) is 3.29. The zero-order valence-corrected chi connectivity index (χ0v) is 7.27. The largest absolute Gasteiger partial charge is 0.298 e. The highest BCUT2D eigenvalue weighted by atomic mass is 15.3. The van der Waals surface area contributed by atoms with Crippen LogP contribution in [0.5, 0.6) is 0 Å². The van der Waals surface area contributed by atoms with Crippen molar-refractivity contribution in [1.82, 2.24) is 4.90 Å². The first-order valence-corrected chi connectivity index (χ1v) is 4.62. The van der Waals surface area contributed by atoms with E-state index in [2.05, 4.69) is 18.7 Å². The molecule has 1 aliphatic heterocycles. The summed E-state index contributed by atoms with van der Waals surface area (Å²) >= 11 is 0. The predicted molar refractivity (Wildman–Crippen MR) is 45.2 cm³/mol. The average Bonchev–Trinajstić information content (AvgIpc) is 2.65. The summed E-state index contributed by atoms with van der Waals surface area (Å²) in [5.41, 5.74) is 0. The molecule has 2 atom stereocenters. The Morgan fingerprint density at radius 1 is 1.30 bits per heavy atom. The van der Waals surface area contributed by atoms with Crippen molar-refractivity contribution >= 4 is 0 Å². The summed E-state index contributed by atoms with van der Waals surface area (Å²) in [4.78, 5) is 2.58. The molecule has 0 saturated carbocycles. The number of unbranched alkanes of at least 4 members (excludes halogenated alkanes) is 1. The number of hydrogen-bond donors (Lipinski definition) is 0. The maximum atomic E-state index is 2.58. The fourth-order valence-corrected chi connectivity index (χ4v) is 1.50. The molecule has 1 unspecified atom stereocenters. The number of hydrogen-bond acceptors (Lipinski definition) is 1. The van der Waals surface area contributed by atoms with Gasteiger partial charge in [0.25, 0.3) is 0 Å². The molecule has 1 heterocycles.